The van der Waals surface area contributed by atoms with Crippen LogP contribution in [-0.2, 0) is 25.6 Å². The van der Waals surface area contributed by atoms with Crippen LogP contribution in [0.3, 0.4) is 0 Å². The van der Waals surface area contributed by atoms with Crippen LogP contribution in [-0.4, -0.2) is 76.7 Å². The van der Waals surface area contributed by atoms with Gasteiger partial charge in [0.2, 0.25) is 11.8 Å². The smallest absolute Gasteiger partial charge is 0.416 e. The molecule has 2 aromatic heterocycles. The van der Waals surface area contributed by atoms with Crippen LogP contribution in [0.15, 0.2) is 79.0 Å². The van der Waals surface area contributed by atoms with E-state index in [1.165, 1.54) is 33.3 Å². The summed E-state index contributed by atoms with van der Waals surface area (Å²) < 4.78 is 31.9. The largest absolute Gasteiger partial charge is 0.491 e. The molecule has 12 nitrogen and oxygen atoms in total. The van der Waals surface area contributed by atoms with E-state index in [0.29, 0.717) is 23.6 Å². The summed E-state index contributed by atoms with van der Waals surface area (Å²) in [5, 5.41) is 3.10. The van der Waals surface area contributed by atoms with Crippen LogP contribution in [0.1, 0.15) is 49.5 Å². The fourth-order valence-electron chi connectivity index (χ4n) is 6.31. The number of piperidine rings is 1. The van der Waals surface area contributed by atoms with Crippen LogP contribution in [0.2, 0.25) is 0 Å². The number of thiazole rings is 1. The second-order valence-corrected chi connectivity index (χ2v) is 15.0. The lowest BCUT2D eigenvalue weighted by molar-refractivity contribution is -0.136. The van der Waals surface area contributed by atoms with Gasteiger partial charge in [-0.25, -0.2) is 19.2 Å². The molecule has 1 N–H and O–H groups in total. The van der Waals surface area contributed by atoms with Crippen LogP contribution in [0, 0.1) is 5.82 Å². The summed E-state index contributed by atoms with van der Waals surface area (Å²) in [6.07, 6.45) is 1.57. The quantitative estimate of drug-likeness (QED) is 0.115. The molecule has 0 bridgehead atoms. The molecule has 3 aromatic carbocycles. The summed E-state index contributed by atoms with van der Waals surface area (Å²) in [7, 11) is 0. The van der Waals surface area contributed by atoms with E-state index in [-0.39, 0.29) is 57.0 Å². The Kier molecular flexibility index (Phi) is 10.4. The molecule has 0 radical (unpaired) electrons. The number of nitrogens with one attached hydrogen (secondary N) is 1. The van der Waals surface area contributed by atoms with Gasteiger partial charge in [0.25, 0.3) is 5.91 Å². The number of pyridine rings is 1. The molecule has 2 aliphatic heterocycles. The van der Waals surface area contributed by atoms with E-state index in [1.807, 2.05) is 36.4 Å². The van der Waals surface area contributed by atoms with E-state index >= 15 is 0 Å². The molecule has 1 unspecified atom stereocenters. The highest BCUT2D eigenvalue weighted by Crippen LogP contribution is 2.33. The number of imide groups is 1. The number of anilines is 1. The number of amides is 4. The second kappa shape index (κ2) is 15.3. The third kappa shape index (κ3) is 8.24. The zero-order valence-electron chi connectivity index (χ0n) is 30.0. The predicted molar refractivity (Wildman–Crippen MR) is 201 cm³/mol. The van der Waals surface area contributed by atoms with Gasteiger partial charge in [0.15, 0.2) is 0 Å². The molecule has 2 aliphatic rings. The van der Waals surface area contributed by atoms with Gasteiger partial charge in [0.05, 0.1) is 30.0 Å². The molecule has 7 rings (SSSR count). The summed E-state index contributed by atoms with van der Waals surface area (Å²) >= 11 is 1.43. The minimum absolute atomic E-state index is 0.166. The molecule has 54 heavy (non-hydrogen) atoms. The number of rotatable bonds is 11. The van der Waals surface area contributed by atoms with Gasteiger partial charge in [0.1, 0.15) is 40.6 Å². The highest BCUT2D eigenvalue weighted by Gasteiger charge is 2.39. The molecule has 4 amide bonds. The second-order valence-electron chi connectivity index (χ2n) is 13.9. The van der Waals surface area contributed by atoms with E-state index in [1.54, 1.807) is 51.2 Å². The molecule has 0 saturated carbocycles. The number of aromatic nitrogens is 2. The minimum atomic E-state index is -0.733. The van der Waals surface area contributed by atoms with Crippen molar-refractivity contribution in [3.63, 3.8) is 0 Å². The fourth-order valence-corrected chi connectivity index (χ4v) is 7.30. The SMILES string of the molecule is CC(C)(C)OC(=O)N(CCOCCOc1ccc2c(c1)CN(C1CCC(=O)NC1=O)C2=O)c1cc(-c2ccc(-c3nc4ccc(F)cc4s3)cc2)ccn1. The van der Waals surface area contributed by atoms with Gasteiger partial charge in [-0.1, -0.05) is 24.3 Å². The molecule has 1 saturated heterocycles. The maximum Gasteiger partial charge on any atom is 0.416 e. The van der Waals surface area contributed by atoms with E-state index in [4.69, 9.17) is 14.2 Å². The topological polar surface area (TPSA) is 140 Å². The molecule has 278 valence electrons. The maximum absolute atomic E-state index is 13.7. The number of benzene rings is 3. The van der Waals surface area contributed by atoms with Gasteiger partial charge in [-0.05, 0) is 92.4 Å². The first kappa shape index (κ1) is 36.6. The molecule has 1 atom stereocenters. The third-order valence-corrected chi connectivity index (χ3v) is 9.97. The monoisotopic (exact) mass is 751 g/mol. The number of nitrogens with zero attached hydrogens (tertiary/aromatic N) is 4. The van der Waals surface area contributed by atoms with E-state index in [0.717, 1.165) is 37.5 Å². The number of carbonyl (C=O) groups excluding carboxylic acids is 4. The van der Waals surface area contributed by atoms with Gasteiger partial charge >= 0.3 is 6.09 Å². The number of ether oxygens (including phenoxy) is 3. The Morgan fingerprint density at radius 1 is 0.963 bits per heavy atom. The highest BCUT2D eigenvalue weighted by atomic mass is 32.1. The van der Waals surface area contributed by atoms with Crippen molar-refractivity contribution in [3.05, 3.63) is 95.9 Å². The Labute approximate surface area is 314 Å². The molecular formula is C40H38FN5O7S. The van der Waals surface area contributed by atoms with Crippen molar-refractivity contribution in [2.24, 2.45) is 0 Å². The molecule has 1 fully saturated rings. The van der Waals surface area contributed by atoms with E-state index in [2.05, 4.69) is 15.3 Å². The van der Waals surface area contributed by atoms with Crippen LogP contribution in [0.4, 0.5) is 15.0 Å². The molecule has 0 spiro atoms. The Hall–Kier alpha value is -5.73. The fraction of sp³-hybridized carbons (Fsp3) is 0.300. The van der Waals surface area contributed by atoms with Crippen molar-refractivity contribution >= 4 is 51.2 Å². The van der Waals surface area contributed by atoms with Gasteiger partial charge in [0, 0.05) is 30.3 Å². The minimum Gasteiger partial charge on any atom is -0.491 e. The predicted octanol–water partition coefficient (Wildman–Crippen LogP) is 6.76. The van der Waals surface area contributed by atoms with Crippen LogP contribution < -0.4 is 15.0 Å². The molecule has 4 heterocycles. The molecule has 14 heteroatoms. The van der Waals surface area contributed by atoms with Crippen molar-refractivity contribution in [3.8, 4) is 27.4 Å². The lowest BCUT2D eigenvalue weighted by Crippen LogP contribution is -2.52. The zero-order chi connectivity index (χ0) is 38.0. The summed E-state index contributed by atoms with van der Waals surface area (Å²) in [6.45, 7) is 6.43. The lowest BCUT2D eigenvalue weighted by atomic mass is 10.0. The van der Waals surface area contributed by atoms with Crippen LogP contribution in [0.5, 0.6) is 5.75 Å². The molecule has 0 aliphatic carbocycles. The van der Waals surface area contributed by atoms with Crippen LogP contribution in [0.25, 0.3) is 31.9 Å². The summed E-state index contributed by atoms with van der Waals surface area (Å²) in [4.78, 5) is 62.3. The average molecular weight is 752 g/mol. The Morgan fingerprint density at radius 3 is 2.54 bits per heavy atom. The van der Waals surface area contributed by atoms with E-state index in [9.17, 15) is 23.6 Å². The Bertz CT molecular complexity index is 2240. The molecule has 5 aromatic rings. The lowest BCUT2D eigenvalue weighted by Gasteiger charge is -2.29. The first-order valence-electron chi connectivity index (χ1n) is 17.5. The highest BCUT2D eigenvalue weighted by molar-refractivity contribution is 7.21. The van der Waals surface area contributed by atoms with Crippen molar-refractivity contribution in [1.82, 2.24) is 20.2 Å². The number of halogens is 1. The number of hydrogen-bond acceptors (Lipinski definition) is 10. The van der Waals surface area contributed by atoms with Crippen molar-refractivity contribution in [2.75, 3.05) is 31.3 Å². The van der Waals surface area contributed by atoms with Gasteiger partial charge in [-0.2, -0.15) is 0 Å². The zero-order valence-corrected chi connectivity index (χ0v) is 30.8. The van der Waals surface area contributed by atoms with Crippen molar-refractivity contribution in [2.45, 2.75) is 51.8 Å². The van der Waals surface area contributed by atoms with Gasteiger partial charge in [-0.15, -0.1) is 11.3 Å². The molecular weight excluding hydrogens is 714 g/mol. The Morgan fingerprint density at radius 2 is 1.76 bits per heavy atom. The van der Waals surface area contributed by atoms with E-state index < -0.39 is 23.6 Å². The summed E-state index contributed by atoms with van der Waals surface area (Å²) in [6, 6.07) is 20.6. The van der Waals surface area contributed by atoms with Gasteiger partial charge in [-0.3, -0.25) is 24.6 Å². The normalized spacial score (nSPS) is 15.7. The summed E-state index contributed by atoms with van der Waals surface area (Å²) in [5.74, 6) is -0.376. The standard InChI is InChI=1S/C40H38FN5O7S/c1-40(2,3)53-39(50)45(34-21-26(14-15-42-34)24-4-6-25(7-5-24)37-43-31-11-8-28(41)22-33(31)54-37)16-17-51-18-19-52-29-9-10-30-27(20-29)23-46(38(30)49)32-12-13-35(47)44-36(32)48/h4-11,14-15,20-22,32H,12-13,16-19,23H2,1-3H3,(H,44,47,48). The third-order valence-electron chi connectivity index (χ3n) is 8.90. The van der Waals surface area contributed by atoms with Crippen molar-refractivity contribution < 1.29 is 37.8 Å². The summed E-state index contributed by atoms with van der Waals surface area (Å²) in [5.41, 5.74) is 3.93. The average Bonchev–Trinajstić information content (AvgIpc) is 3.70. The number of carbonyl (C=O) groups is 4. The van der Waals surface area contributed by atoms with Crippen LogP contribution >= 0.6 is 11.3 Å². The first-order chi connectivity index (χ1) is 25.9. The number of hydrogen-bond donors (Lipinski definition) is 1. The first-order valence-corrected chi connectivity index (χ1v) is 18.3. The van der Waals surface area contributed by atoms with Gasteiger partial charge < -0.3 is 19.1 Å². The number of fused-ring (bicyclic) bond motifs is 2. The Balaban J connectivity index is 0.955. The van der Waals surface area contributed by atoms with Crippen molar-refractivity contribution in [1.29, 1.82) is 0 Å². The maximum atomic E-state index is 13.7.